The normalized spacial score (nSPS) is 12.8. The van der Waals surface area contributed by atoms with Crippen molar-refractivity contribution in [3.05, 3.63) is 71.3 Å². The van der Waals surface area contributed by atoms with Crippen LogP contribution in [-0.4, -0.2) is 42.2 Å². The third kappa shape index (κ3) is 3.84. The molecular formula is C20H21NO3. The van der Waals surface area contributed by atoms with Gasteiger partial charge < -0.3 is 14.7 Å². The van der Waals surface area contributed by atoms with Crippen LogP contribution < -0.4 is 4.74 Å². The largest absolute Gasteiger partial charge is 0.488 e. The highest BCUT2D eigenvalue weighted by Gasteiger charge is 2.21. The second-order valence-electron chi connectivity index (χ2n) is 5.75. The van der Waals surface area contributed by atoms with E-state index in [0.29, 0.717) is 18.7 Å². The molecule has 4 heteroatoms. The van der Waals surface area contributed by atoms with Crippen molar-refractivity contribution in [3.8, 4) is 5.75 Å². The fourth-order valence-corrected chi connectivity index (χ4v) is 2.79. The lowest BCUT2D eigenvalue weighted by atomic mass is 10.1. The van der Waals surface area contributed by atoms with E-state index in [0.717, 1.165) is 17.7 Å². The van der Waals surface area contributed by atoms with Crippen molar-refractivity contribution in [1.29, 1.82) is 0 Å². The maximum absolute atomic E-state index is 12.8. The molecule has 1 aliphatic rings. The summed E-state index contributed by atoms with van der Waals surface area (Å²) in [6.07, 6.45) is 2.64. The summed E-state index contributed by atoms with van der Waals surface area (Å²) in [5.41, 5.74) is 2.71. The number of hydrogen-bond donors (Lipinski definition) is 1. The number of aliphatic hydroxyl groups is 1. The van der Waals surface area contributed by atoms with Gasteiger partial charge in [0.1, 0.15) is 12.4 Å². The molecule has 4 nitrogen and oxygen atoms in total. The van der Waals surface area contributed by atoms with E-state index in [1.54, 1.807) is 4.90 Å². The molecule has 1 heterocycles. The Balaban J connectivity index is 1.71. The minimum absolute atomic E-state index is 0.0503. The zero-order valence-electron chi connectivity index (χ0n) is 13.5. The highest BCUT2D eigenvalue weighted by Crippen LogP contribution is 2.26. The number of nitrogens with zero attached hydrogens (tertiary/aromatic N) is 1. The first-order valence-corrected chi connectivity index (χ1v) is 8.14. The van der Waals surface area contributed by atoms with Crippen LogP contribution in [0.5, 0.6) is 5.75 Å². The summed E-state index contributed by atoms with van der Waals surface area (Å²) in [5, 5.41) is 9.29. The maximum atomic E-state index is 12.8. The molecule has 124 valence electrons. The number of hydrogen-bond acceptors (Lipinski definition) is 3. The standard InChI is InChI=1S/C20H21NO3/c22-13-12-21(11-10-16-6-2-1-3-7-16)20(23)18-14-17-8-4-5-9-19(17)24-15-18/h1-9,14,22H,10-13,15H2. The Bertz CT molecular complexity index is 725. The highest BCUT2D eigenvalue weighted by molar-refractivity contribution is 5.99. The highest BCUT2D eigenvalue weighted by atomic mass is 16.5. The molecule has 0 unspecified atom stereocenters. The zero-order chi connectivity index (χ0) is 16.8. The average molecular weight is 323 g/mol. The average Bonchev–Trinajstić information content (AvgIpc) is 2.65. The van der Waals surface area contributed by atoms with Crippen LogP contribution >= 0.6 is 0 Å². The summed E-state index contributed by atoms with van der Waals surface area (Å²) in [6.45, 7) is 1.11. The topological polar surface area (TPSA) is 49.8 Å². The van der Waals surface area contributed by atoms with Gasteiger partial charge in [-0.3, -0.25) is 4.79 Å². The van der Waals surface area contributed by atoms with Crippen LogP contribution in [0.1, 0.15) is 11.1 Å². The predicted molar refractivity (Wildman–Crippen MR) is 93.7 cm³/mol. The summed E-state index contributed by atoms with van der Waals surface area (Å²) in [6, 6.07) is 17.7. The Labute approximate surface area is 142 Å². The molecule has 0 spiro atoms. The second-order valence-corrected chi connectivity index (χ2v) is 5.75. The van der Waals surface area contributed by atoms with Crippen molar-refractivity contribution < 1.29 is 14.6 Å². The monoisotopic (exact) mass is 323 g/mol. The molecule has 24 heavy (non-hydrogen) atoms. The SMILES string of the molecule is O=C(C1=Cc2ccccc2OC1)N(CCO)CCc1ccccc1. The van der Waals surface area contributed by atoms with Gasteiger partial charge in [-0.2, -0.15) is 0 Å². The van der Waals surface area contributed by atoms with Gasteiger partial charge in [-0.1, -0.05) is 48.5 Å². The first-order chi connectivity index (χ1) is 11.8. The summed E-state index contributed by atoms with van der Waals surface area (Å²) in [7, 11) is 0. The lowest BCUT2D eigenvalue weighted by Crippen LogP contribution is -2.37. The van der Waals surface area contributed by atoms with Crippen molar-refractivity contribution in [2.75, 3.05) is 26.3 Å². The van der Waals surface area contributed by atoms with Gasteiger partial charge in [-0.05, 0) is 24.1 Å². The third-order valence-corrected chi connectivity index (χ3v) is 4.08. The van der Waals surface area contributed by atoms with Gasteiger partial charge in [0.25, 0.3) is 5.91 Å². The number of para-hydroxylation sites is 1. The van der Waals surface area contributed by atoms with E-state index in [1.807, 2.05) is 60.7 Å². The molecule has 0 aliphatic carbocycles. The number of ether oxygens (including phenoxy) is 1. The van der Waals surface area contributed by atoms with E-state index in [2.05, 4.69) is 0 Å². The Morgan fingerprint density at radius 3 is 2.58 bits per heavy atom. The quantitative estimate of drug-likeness (QED) is 0.889. The minimum Gasteiger partial charge on any atom is -0.488 e. The van der Waals surface area contributed by atoms with Crippen LogP contribution in [0.2, 0.25) is 0 Å². The van der Waals surface area contributed by atoms with Gasteiger partial charge >= 0.3 is 0 Å². The molecular weight excluding hydrogens is 302 g/mol. The van der Waals surface area contributed by atoms with Crippen LogP contribution in [0, 0.1) is 0 Å². The van der Waals surface area contributed by atoms with Gasteiger partial charge in [0.15, 0.2) is 0 Å². The minimum atomic E-state index is -0.0746. The van der Waals surface area contributed by atoms with E-state index < -0.39 is 0 Å². The zero-order valence-corrected chi connectivity index (χ0v) is 13.5. The van der Waals surface area contributed by atoms with E-state index in [1.165, 1.54) is 5.56 Å². The van der Waals surface area contributed by atoms with E-state index in [-0.39, 0.29) is 19.1 Å². The lowest BCUT2D eigenvalue weighted by molar-refractivity contribution is -0.127. The molecule has 0 radical (unpaired) electrons. The molecule has 2 aromatic carbocycles. The number of benzene rings is 2. The molecule has 1 aliphatic heterocycles. The lowest BCUT2D eigenvalue weighted by Gasteiger charge is -2.25. The molecule has 0 aromatic heterocycles. The van der Waals surface area contributed by atoms with Crippen LogP contribution in [0.4, 0.5) is 0 Å². The predicted octanol–water partition coefficient (Wildman–Crippen LogP) is 2.53. The number of aliphatic hydroxyl groups excluding tert-OH is 1. The van der Waals surface area contributed by atoms with Crippen LogP contribution in [0.3, 0.4) is 0 Å². The number of carbonyl (C=O) groups excluding carboxylic acids is 1. The summed E-state index contributed by atoms with van der Waals surface area (Å²) in [4.78, 5) is 14.5. The molecule has 1 amide bonds. The van der Waals surface area contributed by atoms with Crippen LogP contribution in [0.25, 0.3) is 6.08 Å². The summed E-state index contributed by atoms with van der Waals surface area (Å²) < 4.78 is 5.67. The molecule has 0 saturated heterocycles. The van der Waals surface area contributed by atoms with Crippen molar-refractivity contribution in [3.63, 3.8) is 0 Å². The molecule has 0 fully saturated rings. The Morgan fingerprint density at radius 1 is 1.04 bits per heavy atom. The fraction of sp³-hybridized carbons (Fsp3) is 0.250. The van der Waals surface area contributed by atoms with Gasteiger partial charge in [0.2, 0.25) is 0 Å². The van der Waals surface area contributed by atoms with Gasteiger partial charge in [0.05, 0.1) is 12.2 Å². The second kappa shape index (κ2) is 7.79. The molecule has 3 rings (SSSR count). The van der Waals surface area contributed by atoms with Crippen molar-refractivity contribution in [2.24, 2.45) is 0 Å². The van der Waals surface area contributed by atoms with E-state index in [9.17, 15) is 9.90 Å². The number of amides is 1. The Hall–Kier alpha value is -2.59. The van der Waals surface area contributed by atoms with Crippen LogP contribution in [0.15, 0.2) is 60.2 Å². The Kier molecular flexibility index (Phi) is 5.29. The first-order valence-electron chi connectivity index (χ1n) is 8.14. The molecule has 0 bridgehead atoms. The smallest absolute Gasteiger partial charge is 0.253 e. The number of rotatable bonds is 6. The molecule has 0 atom stereocenters. The molecule has 1 N–H and O–H groups in total. The number of fused-ring (bicyclic) bond motifs is 1. The van der Waals surface area contributed by atoms with Gasteiger partial charge in [-0.15, -0.1) is 0 Å². The summed E-state index contributed by atoms with van der Waals surface area (Å²) >= 11 is 0. The van der Waals surface area contributed by atoms with E-state index in [4.69, 9.17) is 4.74 Å². The number of carbonyl (C=O) groups is 1. The van der Waals surface area contributed by atoms with Gasteiger partial charge in [-0.25, -0.2) is 0 Å². The van der Waals surface area contributed by atoms with Gasteiger partial charge in [0, 0.05) is 18.7 Å². The summed E-state index contributed by atoms with van der Waals surface area (Å²) in [5.74, 6) is 0.724. The fourth-order valence-electron chi connectivity index (χ4n) is 2.79. The molecule has 2 aromatic rings. The van der Waals surface area contributed by atoms with Crippen molar-refractivity contribution in [2.45, 2.75) is 6.42 Å². The van der Waals surface area contributed by atoms with Crippen LogP contribution in [-0.2, 0) is 11.2 Å². The third-order valence-electron chi connectivity index (χ3n) is 4.08. The van der Waals surface area contributed by atoms with Crippen molar-refractivity contribution in [1.82, 2.24) is 4.90 Å². The Morgan fingerprint density at radius 2 is 1.79 bits per heavy atom. The maximum Gasteiger partial charge on any atom is 0.253 e. The van der Waals surface area contributed by atoms with Crippen molar-refractivity contribution >= 4 is 12.0 Å². The molecule has 0 saturated carbocycles. The first kappa shape index (κ1) is 16.3. The van der Waals surface area contributed by atoms with E-state index >= 15 is 0 Å².